The van der Waals surface area contributed by atoms with Gasteiger partial charge in [0, 0.05) is 6.20 Å². The molecule has 98 valence electrons. The average Bonchev–Trinajstić information content (AvgIpc) is 2.27. The molecule has 18 heavy (non-hydrogen) atoms. The molecule has 4 bridgehead atoms. The lowest BCUT2D eigenvalue weighted by atomic mass is 10.2. The normalized spacial score (nSPS) is 40.6. The fourth-order valence-electron chi connectivity index (χ4n) is 3.64. The first-order chi connectivity index (χ1) is 8.31. The molecule has 1 aromatic heterocycles. The van der Waals surface area contributed by atoms with Crippen LogP contribution >= 0.6 is 0 Å². The lowest BCUT2D eigenvalue weighted by molar-refractivity contribution is -0.991. The van der Waals surface area contributed by atoms with E-state index in [0.717, 1.165) is 31.0 Å². The van der Waals surface area contributed by atoms with Crippen LogP contribution in [0.15, 0.2) is 24.4 Å². The second kappa shape index (κ2) is 4.43. The van der Waals surface area contributed by atoms with Crippen molar-refractivity contribution in [2.45, 2.75) is 6.54 Å². The third-order valence-electron chi connectivity index (χ3n) is 3.92. The van der Waals surface area contributed by atoms with Crippen LogP contribution < -0.4 is 12.4 Å². The minimum absolute atomic E-state index is 0. The molecule has 4 aliphatic heterocycles. The summed E-state index contributed by atoms with van der Waals surface area (Å²) in [6, 6.07) is 6.23. The van der Waals surface area contributed by atoms with E-state index < -0.39 is 0 Å². The van der Waals surface area contributed by atoms with E-state index in [9.17, 15) is 0 Å². The Morgan fingerprint density at radius 1 is 1.00 bits per heavy atom. The van der Waals surface area contributed by atoms with Crippen LogP contribution in [0.3, 0.4) is 0 Å². The monoisotopic (exact) mass is 267 g/mol. The van der Waals surface area contributed by atoms with Crippen LogP contribution in [0.4, 0.5) is 0 Å². The summed E-state index contributed by atoms with van der Waals surface area (Å²) in [5.41, 5.74) is 1.22. The van der Waals surface area contributed by atoms with Crippen molar-refractivity contribution in [3.63, 3.8) is 0 Å². The molecule has 0 aromatic carbocycles. The quantitative estimate of drug-likeness (QED) is 0.536. The van der Waals surface area contributed by atoms with Gasteiger partial charge in [0.25, 0.3) is 0 Å². The summed E-state index contributed by atoms with van der Waals surface area (Å²) < 4.78 is 1.14. The number of hydrogen-bond donors (Lipinski definition) is 0. The van der Waals surface area contributed by atoms with E-state index in [2.05, 4.69) is 31.8 Å². The highest BCUT2D eigenvalue weighted by molar-refractivity contribution is 5.02. The Kier molecular flexibility index (Phi) is 3.03. The highest BCUT2D eigenvalue weighted by Gasteiger charge is 2.48. The Bertz CT molecular complexity index is 388. The summed E-state index contributed by atoms with van der Waals surface area (Å²) in [4.78, 5) is 12.1. The molecule has 4 aliphatic rings. The van der Waals surface area contributed by atoms with Crippen LogP contribution in [0.2, 0.25) is 0 Å². The molecule has 5 nitrogen and oxygen atoms in total. The molecule has 0 radical (unpaired) electrons. The summed E-state index contributed by atoms with van der Waals surface area (Å²) in [5.74, 6) is 0. The summed E-state index contributed by atoms with van der Waals surface area (Å²) in [7, 11) is 0. The van der Waals surface area contributed by atoms with Crippen molar-refractivity contribution in [2.24, 2.45) is 0 Å². The van der Waals surface area contributed by atoms with Crippen LogP contribution in [0.1, 0.15) is 5.69 Å². The first-order valence-corrected chi connectivity index (χ1v) is 6.23. The van der Waals surface area contributed by atoms with Crippen LogP contribution in [0.25, 0.3) is 0 Å². The maximum absolute atomic E-state index is 4.48. The molecular formula is C12H18ClN5. The van der Waals surface area contributed by atoms with Crippen molar-refractivity contribution < 1.29 is 16.9 Å². The molecule has 4 saturated heterocycles. The topological polar surface area (TPSA) is 22.6 Å². The van der Waals surface area contributed by atoms with Crippen LogP contribution in [-0.2, 0) is 6.54 Å². The summed E-state index contributed by atoms with van der Waals surface area (Å²) in [5, 5.41) is 0. The predicted octanol–water partition coefficient (Wildman–Crippen LogP) is -2.91. The number of rotatable bonds is 2. The van der Waals surface area contributed by atoms with Crippen molar-refractivity contribution in [1.82, 2.24) is 19.7 Å². The van der Waals surface area contributed by atoms with E-state index >= 15 is 0 Å². The van der Waals surface area contributed by atoms with Crippen molar-refractivity contribution in [3.05, 3.63) is 30.1 Å². The molecular weight excluding hydrogens is 250 g/mol. The molecule has 0 N–H and O–H groups in total. The predicted molar refractivity (Wildman–Crippen MR) is 62.9 cm³/mol. The number of aromatic nitrogens is 1. The van der Waals surface area contributed by atoms with Gasteiger partial charge in [-0.25, -0.2) is 14.7 Å². The zero-order valence-electron chi connectivity index (χ0n) is 10.4. The van der Waals surface area contributed by atoms with Crippen molar-refractivity contribution in [3.8, 4) is 0 Å². The smallest absolute Gasteiger partial charge is 0.139 e. The molecule has 0 spiro atoms. The van der Waals surface area contributed by atoms with E-state index in [1.54, 1.807) is 0 Å². The van der Waals surface area contributed by atoms with Crippen molar-refractivity contribution in [1.29, 1.82) is 0 Å². The Balaban J connectivity index is 0.000001000. The molecule has 1 aromatic rings. The fourth-order valence-corrected chi connectivity index (χ4v) is 3.64. The highest BCUT2D eigenvalue weighted by atomic mass is 35.5. The summed E-state index contributed by atoms with van der Waals surface area (Å²) >= 11 is 0. The van der Waals surface area contributed by atoms with Crippen LogP contribution in [0, 0.1) is 0 Å². The number of hydrogen-bond acceptors (Lipinski definition) is 4. The highest BCUT2D eigenvalue weighted by Crippen LogP contribution is 2.30. The standard InChI is InChI=1S/C12H18N5.ClH/c1-2-4-13-12(3-1)5-17-9-14-6-15(10-17)8-16(7-14)11-17;/h1-4H,5-11H2;1H/q+1;/p-1. The lowest BCUT2D eigenvalue weighted by Gasteiger charge is -2.60. The van der Waals surface area contributed by atoms with Crippen LogP contribution in [-0.4, -0.2) is 64.2 Å². The molecule has 0 aliphatic carbocycles. The molecule has 0 amide bonds. The maximum Gasteiger partial charge on any atom is 0.139 e. The number of halogens is 1. The average molecular weight is 268 g/mol. The molecule has 6 heteroatoms. The second-order valence-electron chi connectivity index (χ2n) is 5.68. The zero-order valence-corrected chi connectivity index (χ0v) is 11.1. The lowest BCUT2D eigenvalue weighted by Crippen LogP contribution is -3.00. The molecule has 5 rings (SSSR count). The van der Waals surface area contributed by atoms with Gasteiger partial charge in [-0.2, -0.15) is 0 Å². The number of quaternary nitrogens is 1. The van der Waals surface area contributed by atoms with E-state index in [4.69, 9.17) is 0 Å². The third-order valence-corrected chi connectivity index (χ3v) is 3.92. The zero-order chi connectivity index (χ0) is 11.3. The number of nitrogens with zero attached hydrogens (tertiary/aromatic N) is 5. The first kappa shape index (κ1) is 12.3. The van der Waals surface area contributed by atoms with Gasteiger partial charge in [-0.05, 0) is 12.1 Å². The Morgan fingerprint density at radius 2 is 1.61 bits per heavy atom. The van der Waals surface area contributed by atoms with Gasteiger partial charge in [-0.1, -0.05) is 6.07 Å². The van der Waals surface area contributed by atoms with Gasteiger partial charge in [-0.15, -0.1) is 0 Å². The minimum atomic E-state index is 0. The molecule has 4 fully saturated rings. The Morgan fingerprint density at radius 3 is 2.11 bits per heavy atom. The first-order valence-electron chi connectivity index (χ1n) is 6.23. The van der Waals surface area contributed by atoms with E-state index in [-0.39, 0.29) is 12.4 Å². The van der Waals surface area contributed by atoms with Gasteiger partial charge < -0.3 is 12.4 Å². The fraction of sp³-hybridized carbons (Fsp3) is 0.583. The van der Waals surface area contributed by atoms with Gasteiger partial charge in [-0.3, -0.25) is 9.47 Å². The minimum Gasteiger partial charge on any atom is -1.00 e. The van der Waals surface area contributed by atoms with Crippen LogP contribution in [0.5, 0.6) is 0 Å². The van der Waals surface area contributed by atoms with Gasteiger partial charge in [0.05, 0.1) is 25.7 Å². The Labute approximate surface area is 114 Å². The van der Waals surface area contributed by atoms with E-state index in [1.165, 1.54) is 25.7 Å². The van der Waals surface area contributed by atoms with Crippen molar-refractivity contribution in [2.75, 3.05) is 40.0 Å². The molecule has 0 atom stereocenters. The Hall–Kier alpha value is -0.720. The maximum atomic E-state index is 4.48. The largest absolute Gasteiger partial charge is 1.00 e. The van der Waals surface area contributed by atoms with E-state index in [0.29, 0.717) is 0 Å². The van der Waals surface area contributed by atoms with Gasteiger partial charge >= 0.3 is 0 Å². The molecule has 0 unspecified atom stereocenters. The summed E-state index contributed by atoms with van der Waals surface area (Å²) in [6.45, 7) is 8.07. The number of pyridine rings is 1. The van der Waals surface area contributed by atoms with Gasteiger partial charge in [0.1, 0.15) is 26.6 Å². The molecule has 5 heterocycles. The van der Waals surface area contributed by atoms with Crippen molar-refractivity contribution >= 4 is 0 Å². The van der Waals surface area contributed by atoms with Gasteiger partial charge in [0.2, 0.25) is 0 Å². The van der Waals surface area contributed by atoms with Gasteiger partial charge in [0.15, 0.2) is 0 Å². The molecule has 0 saturated carbocycles. The SMILES string of the molecule is [Cl-].c1ccc(C[N+]23CN4CN(CN(C4)C2)C3)nc1. The third kappa shape index (κ3) is 2.02. The summed E-state index contributed by atoms with van der Waals surface area (Å²) in [6.07, 6.45) is 1.90. The second-order valence-corrected chi connectivity index (χ2v) is 5.68. The van der Waals surface area contributed by atoms with E-state index in [1.807, 2.05) is 12.3 Å².